The summed E-state index contributed by atoms with van der Waals surface area (Å²) < 4.78 is 0. The van der Waals surface area contributed by atoms with E-state index in [0.29, 0.717) is 13.1 Å². The molecule has 0 spiro atoms. The minimum Gasteiger partial charge on any atom is -0.353 e. The summed E-state index contributed by atoms with van der Waals surface area (Å²) in [5.41, 5.74) is 5.58. The number of nitrogens with zero attached hydrogens (tertiary/aromatic N) is 3. The fourth-order valence-electron chi connectivity index (χ4n) is 4.81. The maximum absolute atomic E-state index is 13.7. The molecule has 0 radical (unpaired) electrons. The number of hydrogen-bond acceptors (Lipinski definition) is 3. The van der Waals surface area contributed by atoms with Crippen LogP contribution in [0.25, 0.3) is 10.9 Å². The second-order valence-electron chi connectivity index (χ2n) is 8.84. The highest BCUT2D eigenvalue weighted by Gasteiger charge is 2.30. The molecule has 1 aliphatic heterocycles. The van der Waals surface area contributed by atoms with Gasteiger partial charge < -0.3 is 9.80 Å². The lowest BCUT2D eigenvalue weighted by Gasteiger charge is -2.37. The molecule has 0 bridgehead atoms. The van der Waals surface area contributed by atoms with Crippen LogP contribution in [0.2, 0.25) is 0 Å². The summed E-state index contributed by atoms with van der Waals surface area (Å²) in [6.07, 6.45) is 0. The van der Waals surface area contributed by atoms with E-state index >= 15 is 0 Å². The molecule has 0 atom stereocenters. The maximum atomic E-state index is 13.7. The maximum Gasteiger partial charge on any atom is 0.234 e. The zero-order valence-corrected chi connectivity index (χ0v) is 19.2. The Bertz CT molecular complexity index is 1220. The van der Waals surface area contributed by atoms with E-state index in [1.165, 1.54) is 16.5 Å². The fraction of sp³-hybridized carbons (Fsp3) is 0.241. The molecule has 1 amide bonds. The molecule has 4 nitrogen and oxygen atoms in total. The molecule has 5 rings (SSSR count). The third-order valence-electron chi connectivity index (χ3n) is 6.66. The predicted molar refractivity (Wildman–Crippen MR) is 135 cm³/mol. The largest absolute Gasteiger partial charge is 0.353 e. The summed E-state index contributed by atoms with van der Waals surface area (Å²) in [4.78, 5) is 23.0. The molecule has 2 heterocycles. The molecule has 0 saturated carbocycles. The van der Waals surface area contributed by atoms with Gasteiger partial charge in [-0.15, -0.1) is 0 Å². The van der Waals surface area contributed by atoms with Gasteiger partial charge in [0.05, 0.1) is 11.4 Å². The van der Waals surface area contributed by atoms with Crippen LogP contribution in [-0.4, -0.2) is 42.0 Å². The number of carbonyl (C=O) groups is 1. The summed E-state index contributed by atoms with van der Waals surface area (Å²) in [6, 6.07) is 28.7. The number of para-hydroxylation sites is 1. The molecule has 33 heavy (non-hydrogen) atoms. The molecular formula is C29H29N3O. The van der Waals surface area contributed by atoms with Crippen LogP contribution in [0.4, 0.5) is 5.82 Å². The molecule has 166 valence electrons. The first-order valence-electron chi connectivity index (χ1n) is 11.6. The lowest BCUT2D eigenvalue weighted by molar-refractivity contribution is -0.132. The van der Waals surface area contributed by atoms with Gasteiger partial charge in [0.1, 0.15) is 5.82 Å². The summed E-state index contributed by atoms with van der Waals surface area (Å²) in [5.74, 6) is 0.900. The van der Waals surface area contributed by atoms with Gasteiger partial charge in [0.15, 0.2) is 0 Å². The average Bonchev–Trinajstić information content (AvgIpc) is 2.86. The summed E-state index contributed by atoms with van der Waals surface area (Å²) in [7, 11) is 0. The Hall–Kier alpha value is -3.66. The van der Waals surface area contributed by atoms with Gasteiger partial charge in [0.25, 0.3) is 0 Å². The smallest absolute Gasteiger partial charge is 0.234 e. The first-order chi connectivity index (χ1) is 16.1. The van der Waals surface area contributed by atoms with Crippen LogP contribution in [0.15, 0.2) is 84.9 Å². The number of pyridine rings is 1. The van der Waals surface area contributed by atoms with E-state index in [1.807, 2.05) is 41.3 Å². The number of aromatic nitrogens is 1. The van der Waals surface area contributed by atoms with Gasteiger partial charge in [-0.3, -0.25) is 4.79 Å². The Labute approximate surface area is 195 Å². The van der Waals surface area contributed by atoms with E-state index in [1.54, 1.807) is 0 Å². The van der Waals surface area contributed by atoms with Crippen molar-refractivity contribution in [2.24, 2.45) is 0 Å². The van der Waals surface area contributed by atoms with Crippen molar-refractivity contribution in [2.45, 2.75) is 19.8 Å². The predicted octanol–water partition coefficient (Wildman–Crippen LogP) is 5.33. The molecule has 1 aliphatic rings. The summed E-state index contributed by atoms with van der Waals surface area (Å²) in [6.45, 7) is 7.22. The molecule has 0 aliphatic carbocycles. The Kier molecular flexibility index (Phi) is 5.82. The van der Waals surface area contributed by atoms with Crippen molar-refractivity contribution in [3.05, 3.63) is 107 Å². The Morgan fingerprint density at radius 2 is 1.36 bits per heavy atom. The van der Waals surface area contributed by atoms with Crippen molar-refractivity contribution >= 4 is 22.6 Å². The molecule has 1 saturated heterocycles. The van der Waals surface area contributed by atoms with Crippen molar-refractivity contribution in [1.29, 1.82) is 0 Å². The topological polar surface area (TPSA) is 36.4 Å². The third kappa shape index (κ3) is 4.21. The second-order valence-corrected chi connectivity index (χ2v) is 8.84. The van der Waals surface area contributed by atoms with Crippen LogP contribution in [0, 0.1) is 13.8 Å². The number of carbonyl (C=O) groups excluding carboxylic acids is 1. The van der Waals surface area contributed by atoms with E-state index < -0.39 is 0 Å². The minimum absolute atomic E-state index is 0.172. The number of aryl methyl sites for hydroxylation is 2. The Morgan fingerprint density at radius 1 is 0.758 bits per heavy atom. The number of benzene rings is 3. The highest BCUT2D eigenvalue weighted by Crippen LogP contribution is 2.29. The highest BCUT2D eigenvalue weighted by atomic mass is 16.2. The Morgan fingerprint density at radius 3 is 1.97 bits per heavy atom. The van der Waals surface area contributed by atoms with E-state index in [2.05, 4.69) is 67.3 Å². The Balaban J connectivity index is 1.37. The number of piperazine rings is 1. The van der Waals surface area contributed by atoms with Crippen LogP contribution in [0.5, 0.6) is 0 Å². The number of fused-ring (bicyclic) bond motifs is 1. The molecule has 1 aromatic heterocycles. The highest BCUT2D eigenvalue weighted by molar-refractivity contribution is 5.88. The van der Waals surface area contributed by atoms with E-state index in [-0.39, 0.29) is 11.8 Å². The molecule has 4 heteroatoms. The van der Waals surface area contributed by atoms with Crippen molar-refractivity contribution < 1.29 is 4.79 Å². The van der Waals surface area contributed by atoms with Crippen LogP contribution >= 0.6 is 0 Å². The van der Waals surface area contributed by atoms with Gasteiger partial charge in [0.2, 0.25) is 5.91 Å². The van der Waals surface area contributed by atoms with E-state index in [4.69, 9.17) is 4.98 Å². The van der Waals surface area contributed by atoms with Crippen LogP contribution in [0.3, 0.4) is 0 Å². The molecular weight excluding hydrogens is 406 g/mol. The number of amides is 1. The quantitative estimate of drug-likeness (QED) is 0.435. The van der Waals surface area contributed by atoms with Crippen LogP contribution < -0.4 is 4.90 Å². The van der Waals surface area contributed by atoms with Gasteiger partial charge >= 0.3 is 0 Å². The zero-order valence-electron chi connectivity index (χ0n) is 19.2. The minimum atomic E-state index is -0.275. The van der Waals surface area contributed by atoms with Crippen LogP contribution in [-0.2, 0) is 4.79 Å². The first-order valence-corrected chi connectivity index (χ1v) is 11.6. The second kappa shape index (κ2) is 9.07. The first kappa shape index (κ1) is 21.2. The van der Waals surface area contributed by atoms with Gasteiger partial charge in [-0.2, -0.15) is 0 Å². The van der Waals surface area contributed by atoms with E-state index in [9.17, 15) is 4.79 Å². The molecule has 4 aromatic rings. The van der Waals surface area contributed by atoms with Gasteiger partial charge in [-0.25, -0.2) is 4.98 Å². The average molecular weight is 436 g/mol. The SMILES string of the molecule is Cc1cc(N2CCN(C(=O)C(c3ccccc3)c3ccccc3)CC2)nc2c(C)cccc12. The van der Waals surface area contributed by atoms with Gasteiger partial charge in [-0.1, -0.05) is 78.9 Å². The molecule has 1 fully saturated rings. The van der Waals surface area contributed by atoms with Gasteiger partial charge in [-0.05, 0) is 42.2 Å². The van der Waals surface area contributed by atoms with Crippen molar-refractivity contribution in [1.82, 2.24) is 9.88 Å². The summed E-state index contributed by atoms with van der Waals surface area (Å²) in [5, 5.41) is 1.21. The third-order valence-corrected chi connectivity index (χ3v) is 6.66. The molecule has 0 unspecified atom stereocenters. The monoisotopic (exact) mass is 435 g/mol. The standard InChI is InChI=1S/C29H29N3O/c1-21-10-9-15-25-22(2)20-26(30-28(21)25)31-16-18-32(19-17-31)29(33)27(23-11-5-3-6-12-23)24-13-7-4-8-14-24/h3-15,20,27H,16-19H2,1-2H3. The van der Waals surface area contributed by atoms with Gasteiger partial charge in [0, 0.05) is 31.6 Å². The van der Waals surface area contributed by atoms with E-state index in [0.717, 1.165) is 35.6 Å². The lowest BCUT2D eigenvalue weighted by Crippen LogP contribution is -2.50. The number of anilines is 1. The normalized spacial score (nSPS) is 14.2. The number of rotatable bonds is 4. The fourth-order valence-corrected chi connectivity index (χ4v) is 4.81. The lowest BCUT2D eigenvalue weighted by atomic mass is 9.90. The van der Waals surface area contributed by atoms with Crippen molar-refractivity contribution in [3.8, 4) is 0 Å². The molecule has 3 aromatic carbocycles. The van der Waals surface area contributed by atoms with Crippen molar-refractivity contribution in [2.75, 3.05) is 31.1 Å². The number of hydrogen-bond donors (Lipinski definition) is 0. The van der Waals surface area contributed by atoms with Crippen LogP contribution in [0.1, 0.15) is 28.2 Å². The van der Waals surface area contributed by atoms with Crippen molar-refractivity contribution in [3.63, 3.8) is 0 Å². The zero-order chi connectivity index (χ0) is 22.8. The molecule has 0 N–H and O–H groups in total. The summed E-state index contributed by atoms with van der Waals surface area (Å²) >= 11 is 0.